The molecule has 2 aliphatic heterocycles. The van der Waals surface area contributed by atoms with Crippen molar-refractivity contribution in [2.75, 3.05) is 31.1 Å². The summed E-state index contributed by atoms with van der Waals surface area (Å²) in [4.78, 5) is 29.7. The second-order valence-electron chi connectivity index (χ2n) is 9.68. The van der Waals surface area contributed by atoms with Gasteiger partial charge in [0.05, 0.1) is 5.41 Å². The maximum absolute atomic E-state index is 14.2. The molecule has 1 spiro atoms. The first kappa shape index (κ1) is 19.9. The largest absolute Gasteiger partial charge is 0.311 e. The molecule has 5 heteroatoms. The molecule has 0 radical (unpaired) electrons. The van der Waals surface area contributed by atoms with E-state index < -0.39 is 5.41 Å². The topological polar surface area (TPSA) is 40.6 Å². The van der Waals surface area contributed by atoms with Crippen LogP contribution >= 0.6 is 0 Å². The molecule has 1 saturated carbocycles. The standard InChI is InChI=1S/C25H31FN2O2/c1-2-21(29)7-10-28-23-6-5-20(26)15-22(23)25(24(28)30)8-11-27(12-9-25)16-19-14-17-3-4-18(19)13-17/h3-6,15,17-19H,2,7-14,16H2,1H3/t17?,18?,19-/m0/s1. The molecule has 4 nitrogen and oxygen atoms in total. The predicted octanol–water partition coefficient (Wildman–Crippen LogP) is 4.09. The van der Waals surface area contributed by atoms with Crippen LogP contribution < -0.4 is 4.90 Å². The molecule has 1 aromatic rings. The quantitative estimate of drug-likeness (QED) is 0.664. The summed E-state index contributed by atoms with van der Waals surface area (Å²) in [6, 6.07) is 4.71. The summed E-state index contributed by atoms with van der Waals surface area (Å²) >= 11 is 0. The molecule has 0 aromatic heterocycles. The average Bonchev–Trinajstić information content (AvgIpc) is 3.43. The SMILES string of the molecule is CCC(=O)CCN1C(=O)C2(CCN(C[C@@H]3CC4C=CC3C4)CC2)c2cc(F)ccc21. The Morgan fingerprint density at radius 2 is 2.00 bits per heavy atom. The van der Waals surface area contributed by atoms with Gasteiger partial charge in [0, 0.05) is 31.6 Å². The van der Waals surface area contributed by atoms with Gasteiger partial charge in [0.15, 0.2) is 0 Å². The van der Waals surface area contributed by atoms with Gasteiger partial charge in [-0.15, -0.1) is 0 Å². The van der Waals surface area contributed by atoms with Crippen LogP contribution in [0.2, 0.25) is 0 Å². The first-order valence-electron chi connectivity index (χ1n) is 11.5. The van der Waals surface area contributed by atoms with Gasteiger partial charge in [0.1, 0.15) is 11.6 Å². The van der Waals surface area contributed by atoms with Gasteiger partial charge in [-0.05, 0) is 80.3 Å². The Morgan fingerprint density at radius 3 is 2.67 bits per heavy atom. The fourth-order valence-electron chi connectivity index (χ4n) is 6.28. The number of piperidine rings is 1. The van der Waals surface area contributed by atoms with Gasteiger partial charge in [0.25, 0.3) is 0 Å². The van der Waals surface area contributed by atoms with Crippen LogP contribution in [-0.2, 0) is 15.0 Å². The molecule has 1 amide bonds. The first-order valence-corrected chi connectivity index (χ1v) is 11.5. The van der Waals surface area contributed by atoms with Crippen molar-refractivity contribution < 1.29 is 14.0 Å². The Balaban J connectivity index is 1.32. The van der Waals surface area contributed by atoms with Crippen molar-refractivity contribution >= 4 is 17.4 Å². The Bertz CT molecular complexity index is 887. The molecule has 30 heavy (non-hydrogen) atoms. The first-order chi connectivity index (χ1) is 14.5. The molecule has 4 aliphatic rings. The highest BCUT2D eigenvalue weighted by Gasteiger charge is 2.52. The van der Waals surface area contributed by atoms with Crippen LogP contribution in [0.3, 0.4) is 0 Å². The van der Waals surface area contributed by atoms with Crippen molar-refractivity contribution in [1.29, 1.82) is 0 Å². The molecule has 2 fully saturated rings. The molecular weight excluding hydrogens is 379 g/mol. The van der Waals surface area contributed by atoms with Gasteiger partial charge in [-0.1, -0.05) is 19.1 Å². The predicted molar refractivity (Wildman–Crippen MR) is 115 cm³/mol. The Hall–Kier alpha value is -2.01. The van der Waals surface area contributed by atoms with Crippen molar-refractivity contribution in [3.05, 3.63) is 41.7 Å². The third-order valence-corrected chi connectivity index (χ3v) is 8.05. The summed E-state index contributed by atoms with van der Waals surface area (Å²) in [6.07, 6.45) is 9.71. The van der Waals surface area contributed by atoms with Gasteiger partial charge in [0.2, 0.25) is 5.91 Å². The lowest BCUT2D eigenvalue weighted by Crippen LogP contribution is -2.50. The zero-order valence-corrected chi connectivity index (χ0v) is 17.8. The summed E-state index contributed by atoms with van der Waals surface area (Å²) in [5.74, 6) is 2.19. The summed E-state index contributed by atoms with van der Waals surface area (Å²) in [5.41, 5.74) is 1.01. The van der Waals surface area contributed by atoms with E-state index in [1.54, 1.807) is 17.0 Å². The van der Waals surface area contributed by atoms with Crippen molar-refractivity contribution in [2.45, 2.75) is 50.9 Å². The summed E-state index contributed by atoms with van der Waals surface area (Å²) in [6.45, 7) is 5.11. The van der Waals surface area contributed by atoms with E-state index in [0.29, 0.717) is 19.4 Å². The smallest absolute Gasteiger partial charge is 0.237 e. The Morgan fingerprint density at radius 1 is 1.20 bits per heavy atom. The van der Waals surface area contributed by atoms with Gasteiger partial charge in [-0.3, -0.25) is 9.59 Å². The van der Waals surface area contributed by atoms with E-state index in [1.807, 2.05) is 6.92 Å². The number of carbonyl (C=O) groups is 2. The van der Waals surface area contributed by atoms with Crippen LogP contribution in [0.5, 0.6) is 0 Å². The molecule has 2 heterocycles. The number of anilines is 1. The number of ketones is 1. The van der Waals surface area contributed by atoms with E-state index in [9.17, 15) is 14.0 Å². The van der Waals surface area contributed by atoms with E-state index in [4.69, 9.17) is 0 Å². The van der Waals surface area contributed by atoms with E-state index >= 15 is 0 Å². The lowest BCUT2D eigenvalue weighted by atomic mass is 9.73. The molecule has 3 atom stereocenters. The highest BCUT2D eigenvalue weighted by molar-refractivity contribution is 6.08. The van der Waals surface area contributed by atoms with Gasteiger partial charge in [-0.25, -0.2) is 4.39 Å². The average molecular weight is 411 g/mol. The lowest BCUT2D eigenvalue weighted by Gasteiger charge is -2.40. The van der Waals surface area contributed by atoms with Crippen molar-refractivity contribution in [1.82, 2.24) is 4.90 Å². The van der Waals surface area contributed by atoms with E-state index in [1.165, 1.54) is 18.9 Å². The number of halogens is 1. The summed E-state index contributed by atoms with van der Waals surface area (Å²) in [5, 5.41) is 0. The summed E-state index contributed by atoms with van der Waals surface area (Å²) in [7, 11) is 0. The highest BCUT2D eigenvalue weighted by Crippen LogP contribution is 2.49. The van der Waals surface area contributed by atoms with Crippen LogP contribution in [0.25, 0.3) is 0 Å². The van der Waals surface area contributed by atoms with Gasteiger partial charge in [-0.2, -0.15) is 0 Å². The Labute approximate surface area is 178 Å². The van der Waals surface area contributed by atoms with E-state index in [-0.39, 0.29) is 17.5 Å². The number of fused-ring (bicyclic) bond motifs is 4. The van der Waals surface area contributed by atoms with Crippen LogP contribution in [0.15, 0.2) is 30.4 Å². The number of nitrogens with zero attached hydrogens (tertiary/aromatic N) is 2. The van der Waals surface area contributed by atoms with Crippen LogP contribution in [0.4, 0.5) is 10.1 Å². The number of allylic oxidation sites excluding steroid dienone is 2. The minimum atomic E-state index is -0.627. The third-order valence-electron chi connectivity index (χ3n) is 8.05. The number of rotatable bonds is 6. The molecule has 160 valence electrons. The van der Waals surface area contributed by atoms with Crippen molar-refractivity contribution in [3.63, 3.8) is 0 Å². The normalized spacial score (nSPS) is 29.2. The molecule has 2 unspecified atom stereocenters. The fraction of sp³-hybridized carbons (Fsp3) is 0.600. The second-order valence-corrected chi connectivity index (χ2v) is 9.68. The number of carbonyl (C=O) groups excluding carboxylic acids is 2. The van der Waals surface area contributed by atoms with Crippen LogP contribution in [-0.4, -0.2) is 42.8 Å². The molecule has 1 aromatic carbocycles. The zero-order chi connectivity index (χ0) is 20.9. The minimum absolute atomic E-state index is 0.0644. The number of hydrogen-bond donors (Lipinski definition) is 0. The lowest BCUT2D eigenvalue weighted by molar-refractivity contribution is -0.125. The molecule has 2 aliphatic carbocycles. The number of hydrogen-bond acceptors (Lipinski definition) is 3. The van der Waals surface area contributed by atoms with Gasteiger partial charge >= 0.3 is 0 Å². The maximum atomic E-state index is 14.2. The molecule has 2 bridgehead atoms. The third kappa shape index (κ3) is 3.22. The van der Waals surface area contributed by atoms with Crippen LogP contribution in [0.1, 0.15) is 51.0 Å². The van der Waals surface area contributed by atoms with E-state index in [0.717, 1.165) is 61.5 Å². The Kier molecular flexibility index (Phi) is 5.04. The summed E-state index contributed by atoms with van der Waals surface area (Å²) < 4.78 is 14.2. The molecular formula is C25H31FN2O2. The number of amides is 1. The molecule has 5 rings (SSSR count). The maximum Gasteiger partial charge on any atom is 0.237 e. The zero-order valence-electron chi connectivity index (χ0n) is 17.8. The van der Waals surface area contributed by atoms with Crippen LogP contribution in [0, 0.1) is 23.6 Å². The molecule has 0 N–H and O–H groups in total. The van der Waals surface area contributed by atoms with E-state index in [2.05, 4.69) is 17.1 Å². The minimum Gasteiger partial charge on any atom is -0.311 e. The fourth-order valence-corrected chi connectivity index (χ4v) is 6.28. The molecule has 1 saturated heterocycles. The highest BCUT2D eigenvalue weighted by atomic mass is 19.1. The van der Waals surface area contributed by atoms with Gasteiger partial charge < -0.3 is 9.80 Å². The second kappa shape index (κ2) is 7.60. The van der Waals surface area contributed by atoms with Crippen molar-refractivity contribution in [3.8, 4) is 0 Å². The monoisotopic (exact) mass is 410 g/mol. The van der Waals surface area contributed by atoms with Crippen molar-refractivity contribution in [2.24, 2.45) is 17.8 Å². The number of likely N-dealkylation sites (tertiary alicyclic amines) is 1. The number of Topliss-reactive ketones (excluding diaryl/α,β-unsaturated/α-hetero) is 1. The number of benzene rings is 1.